The summed E-state index contributed by atoms with van der Waals surface area (Å²) in [4.78, 5) is 51.4. The van der Waals surface area contributed by atoms with Crippen LogP contribution in [0.3, 0.4) is 0 Å². The molecule has 3 rings (SSSR count). The molecule has 2 aliphatic rings. The van der Waals surface area contributed by atoms with Crippen molar-refractivity contribution in [3.8, 4) is 0 Å². The quantitative estimate of drug-likeness (QED) is 0.500. The number of likely N-dealkylation sites (tertiary alicyclic amines) is 1. The van der Waals surface area contributed by atoms with Gasteiger partial charge < -0.3 is 24.4 Å². The highest BCUT2D eigenvalue weighted by Gasteiger charge is 2.47. The van der Waals surface area contributed by atoms with E-state index in [1.54, 1.807) is 39.0 Å². The Hall–Kier alpha value is -3.01. The van der Waals surface area contributed by atoms with Crippen LogP contribution in [-0.2, 0) is 29.4 Å². The van der Waals surface area contributed by atoms with Crippen LogP contribution in [0, 0.1) is 0 Å². The summed E-state index contributed by atoms with van der Waals surface area (Å²) in [6.45, 7) is 5.46. The SMILES string of the molecule is COC(=O)CC(NC(=O)OC(C)(C)C)C(=O)N1CCC[C@@]2(C1)OC(=O)Nc1ccc(Cl)cc12. The molecule has 180 valence electrons. The van der Waals surface area contributed by atoms with Gasteiger partial charge in [-0.1, -0.05) is 11.6 Å². The van der Waals surface area contributed by atoms with E-state index in [0.29, 0.717) is 35.7 Å². The van der Waals surface area contributed by atoms with Crippen molar-refractivity contribution >= 4 is 41.4 Å². The van der Waals surface area contributed by atoms with Crippen molar-refractivity contribution in [1.29, 1.82) is 0 Å². The number of esters is 1. The molecule has 1 fully saturated rings. The van der Waals surface area contributed by atoms with Crippen molar-refractivity contribution in [3.05, 3.63) is 28.8 Å². The molecule has 1 aromatic carbocycles. The number of rotatable bonds is 4. The Kier molecular flexibility index (Phi) is 7.06. The fourth-order valence-corrected chi connectivity index (χ4v) is 4.18. The summed E-state index contributed by atoms with van der Waals surface area (Å²) in [5.41, 5.74) is -0.664. The number of methoxy groups -OCH3 is 1. The van der Waals surface area contributed by atoms with Crippen molar-refractivity contribution in [1.82, 2.24) is 10.2 Å². The molecule has 0 bridgehead atoms. The number of hydrogen-bond donors (Lipinski definition) is 2. The topological polar surface area (TPSA) is 123 Å². The summed E-state index contributed by atoms with van der Waals surface area (Å²) in [7, 11) is 1.20. The smallest absolute Gasteiger partial charge is 0.412 e. The van der Waals surface area contributed by atoms with Gasteiger partial charge in [0, 0.05) is 17.1 Å². The molecule has 11 heteroatoms. The lowest BCUT2D eigenvalue weighted by Crippen LogP contribution is -2.57. The summed E-state index contributed by atoms with van der Waals surface area (Å²) in [5, 5.41) is 5.58. The lowest BCUT2D eigenvalue weighted by Gasteiger charge is -2.45. The van der Waals surface area contributed by atoms with Crippen LogP contribution in [0.15, 0.2) is 18.2 Å². The summed E-state index contributed by atoms with van der Waals surface area (Å²) in [5.74, 6) is -1.18. The third-order valence-corrected chi connectivity index (χ3v) is 5.59. The van der Waals surface area contributed by atoms with Gasteiger partial charge in [-0.15, -0.1) is 0 Å². The van der Waals surface area contributed by atoms with Gasteiger partial charge in [-0.25, -0.2) is 9.59 Å². The molecule has 10 nitrogen and oxygen atoms in total. The third kappa shape index (κ3) is 5.87. The lowest BCUT2D eigenvalue weighted by atomic mass is 9.83. The van der Waals surface area contributed by atoms with E-state index in [1.165, 1.54) is 12.0 Å². The van der Waals surface area contributed by atoms with Gasteiger partial charge in [0.05, 0.1) is 25.8 Å². The Morgan fingerprint density at radius 3 is 2.73 bits per heavy atom. The van der Waals surface area contributed by atoms with E-state index in [4.69, 9.17) is 25.8 Å². The monoisotopic (exact) mass is 481 g/mol. The van der Waals surface area contributed by atoms with E-state index in [2.05, 4.69) is 10.6 Å². The average Bonchev–Trinajstić information content (AvgIpc) is 2.72. The first kappa shape index (κ1) is 24.6. The molecule has 3 amide bonds. The van der Waals surface area contributed by atoms with Gasteiger partial charge in [-0.3, -0.25) is 14.9 Å². The molecule has 1 saturated heterocycles. The summed E-state index contributed by atoms with van der Waals surface area (Å²) < 4.78 is 15.6. The molecular weight excluding hydrogens is 454 g/mol. The van der Waals surface area contributed by atoms with Crippen LogP contribution in [0.5, 0.6) is 0 Å². The van der Waals surface area contributed by atoms with Crippen molar-refractivity contribution in [2.24, 2.45) is 0 Å². The second-order valence-corrected chi connectivity index (χ2v) is 9.48. The number of halogens is 1. The van der Waals surface area contributed by atoms with E-state index in [0.717, 1.165) is 0 Å². The number of piperidine rings is 1. The number of hydrogen-bond acceptors (Lipinski definition) is 7. The molecular formula is C22H28ClN3O7. The van der Waals surface area contributed by atoms with E-state index < -0.39 is 41.3 Å². The number of carbonyl (C=O) groups is 4. The molecule has 1 aromatic rings. The van der Waals surface area contributed by atoms with Crippen molar-refractivity contribution < 1.29 is 33.4 Å². The summed E-state index contributed by atoms with van der Waals surface area (Å²) >= 11 is 6.19. The molecule has 33 heavy (non-hydrogen) atoms. The fraction of sp³-hybridized carbons (Fsp3) is 0.545. The number of alkyl carbamates (subject to hydrolysis) is 1. The number of fused-ring (bicyclic) bond motifs is 2. The molecule has 1 unspecified atom stereocenters. The predicted molar refractivity (Wildman–Crippen MR) is 119 cm³/mol. The lowest BCUT2D eigenvalue weighted by molar-refractivity contribution is -0.148. The third-order valence-electron chi connectivity index (χ3n) is 5.35. The van der Waals surface area contributed by atoms with E-state index in [-0.39, 0.29) is 13.0 Å². The summed E-state index contributed by atoms with van der Waals surface area (Å²) in [6, 6.07) is 3.83. The Balaban J connectivity index is 1.85. The Morgan fingerprint density at radius 1 is 1.33 bits per heavy atom. The van der Waals surface area contributed by atoms with E-state index in [9.17, 15) is 19.2 Å². The molecule has 0 radical (unpaired) electrons. The number of nitrogens with one attached hydrogen (secondary N) is 2. The molecule has 2 aliphatic heterocycles. The van der Waals surface area contributed by atoms with Gasteiger partial charge in [-0.05, 0) is 51.8 Å². The van der Waals surface area contributed by atoms with Gasteiger partial charge in [-0.2, -0.15) is 0 Å². The largest absolute Gasteiger partial charge is 0.469 e. The Labute approximate surface area is 196 Å². The number of ether oxygens (including phenoxy) is 3. The van der Waals surface area contributed by atoms with Gasteiger partial charge in [0.1, 0.15) is 11.6 Å². The maximum atomic E-state index is 13.4. The highest BCUT2D eigenvalue weighted by molar-refractivity contribution is 6.30. The van der Waals surface area contributed by atoms with E-state index >= 15 is 0 Å². The first-order valence-corrected chi connectivity index (χ1v) is 11.0. The minimum absolute atomic E-state index is 0.0419. The normalized spacial score (nSPS) is 20.8. The van der Waals surface area contributed by atoms with Crippen molar-refractivity contribution in [2.75, 3.05) is 25.5 Å². The zero-order valence-electron chi connectivity index (χ0n) is 19.0. The highest BCUT2D eigenvalue weighted by atomic mass is 35.5. The second-order valence-electron chi connectivity index (χ2n) is 9.04. The maximum Gasteiger partial charge on any atom is 0.412 e. The molecule has 0 aromatic heterocycles. The molecule has 2 atom stereocenters. The second kappa shape index (κ2) is 9.46. The van der Waals surface area contributed by atoms with Crippen LogP contribution >= 0.6 is 11.6 Å². The van der Waals surface area contributed by atoms with Crippen LogP contribution < -0.4 is 10.6 Å². The summed E-state index contributed by atoms with van der Waals surface area (Å²) in [6.07, 6.45) is -0.817. The predicted octanol–water partition coefficient (Wildman–Crippen LogP) is 3.18. The first-order chi connectivity index (χ1) is 15.4. The minimum Gasteiger partial charge on any atom is -0.469 e. The van der Waals surface area contributed by atoms with Crippen LogP contribution in [-0.4, -0.2) is 60.8 Å². The molecule has 2 heterocycles. The fourth-order valence-electron chi connectivity index (χ4n) is 4.00. The number of benzene rings is 1. The van der Waals surface area contributed by atoms with Crippen LogP contribution in [0.1, 0.15) is 45.6 Å². The average molecular weight is 482 g/mol. The zero-order chi connectivity index (χ0) is 24.4. The Morgan fingerprint density at radius 2 is 2.06 bits per heavy atom. The molecule has 0 aliphatic carbocycles. The van der Waals surface area contributed by atoms with Gasteiger partial charge in [0.25, 0.3) is 0 Å². The van der Waals surface area contributed by atoms with Crippen LogP contribution in [0.4, 0.5) is 15.3 Å². The number of nitrogens with zero attached hydrogens (tertiary/aromatic N) is 1. The zero-order valence-corrected chi connectivity index (χ0v) is 19.8. The van der Waals surface area contributed by atoms with Crippen LogP contribution in [0.25, 0.3) is 0 Å². The number of amides is 3. The Bertz CT molecular complexity index is 962. The van der Waals surface area contributed by atoms with Gasteiger partial charge >= 0.3 is 18.2 Å². The maximum absolute atomic E-state index is 13.4. The molecule has 2 N–H and O–H groups in total. The molecule has 0 saturated carbocycles. The van der Waals surface area contributed by atoms with Crippen molar-refractivity contribution in [3.63, 3.8) is 0 Å². The number of anilines is 1. The molecule has 1 spiro atoms. The van der Waals surface area contributed by atoms with Gasteiger partial charge in [0.2, 0.25) is 5.91 Å². The van der Waals surface area contributed by atoms with Gasteiger partial charge in [0.15, 0.2) is 5.60 Å². The minimum atomic E-state index is -1.21. The van der Waals surface area contributed by atoms with E-state index in [1.807, 2.05) is 0 Å². The standard InChI is InChI=1S/C22H28ClN3O7/c1-21(2,3)32-19(29)25-16(11-17(27)31-4)18(28)26-9-5-8-22(12-26)14-10-13(23)6-7-15(14)24-20(30)33-22/h6-7,10,16H,5,8-9,11-12H2,1-4H3,(H,24,30)(H,25,29)/t16?,22-/m0/s1. The van der Waals surface area contributed by atoms with Crippen molar-refractivity contribution in [2.45, 2.75) is 57.3 Å². The van der Waals surface area contributed by atoms with Crippen LogP contribution in [0.2, 0.25) is 5.02 Å². The number of carbonyl (C=O) groups excluding carboxylic acids is 4. The first-order valence-electron chi connectivity index (χ1n) is 10.6. The highest BCUT2D eigenvalue weighted by Crippen LogP contribution is 2.43.